The van der Waals surface area contributed by atoms with E-state index in [1.807, 2.05) is 54.5 Å². The zero-order chi connectivity index (χ0) is 21.4. The van der Waals surface area contributed by atoms with E-state index in [0.29, 0.717) is 19.5 Å². The normalized spacial score (nSPS) is 11.6. The zero-order valence-corrected chi connectivity index (χ0v) is 18.6. The molecule has 0 saturated carbocycles. The number of hydrogen-bond acceptors (Lipinski definition) is 3. The molecule has 1 heterocycles. The first-order valence-corrected chi connectivity index (χ1v) is 10.8. The van der Waals surface area contributed by atoms with Gasteiger partial charge in [0, 0.05) is 31.5 Å². The first kappa shape index (κ1) is 22.9. The van der Waals surface area contributed by atoms with Crippen molar-refractivity contribution < 1.29 is 9.59 Å². The standard InChI is InChI=1S/C23H36N4O2/c1-6-15-26(16-7-2)21(28)17-27-19-12-9-8-11-18(19)25-20(27)13-10-14-24-22(29)23(3,4)5/h8-9,11-12H,6-7,10,13-17H2,1-5H3,(H,24,29). The van der Waals surface area contributed by atoms with Crippen LogP contribution in [0.5, 0.6) is 0 Å². The summed E-state index contributed by atoms with van der Waals surface area (Å²) < 4.78 is 2.04. The van der Waals surface area contributed by atoms with Gasteiger partial charge in [0.25, 0.3) is 0 Å². The third kappa shape index (κ3) is 6.31. The molecule has 2 amide bonds. The zero-order valence-electron chi connectivity index (χ0n) is 18.6. The molecule has 160 valence electrons. The number of imidazole rings is 1. The Hall–Kier alpha value is -2.37. The number of benzene rings is 1. The Morgan fingerprint density at radius 1 is 1.10 bits per heavy atom. The Bertz CT molecular complexity index is 814. The van der Waals surface area contributed by atoms with Crippen molar-refractivity contribution in [2.75, 3.05) is 19.6 Å². The Kier molecular flexibility index (Phi) is 8.23. The summed E-state index contributed by atoms with van der Waals surface area (Å²) in [5.41, 5.74) is 1.51. The highest BCUT2D eigenvalue weighted by Gasteiger charge is 2.21. The molecular formula is C23H36N4O2. The molecule has 0 aliphatic heterocycles. The number of nitrogens with one attached hydrogen (secondary N) is 1. The van der Waals surface area contributed by atoms with Gasteiger partial charge in [-0.25, -0.2) is 4.98 Å². The van der Waals surface area contributed by atoms with Crippen LogP contribution >= 0.6 is 0 Å². The molecule has 0 fully saturated rings. The Morgan fingerprint density at radius 3 is 2.38 bits per heavy atom. The van der Waals surface area contributed by atoms with Gasteiger partial charge in [0.05, 0.1) is 11.0 Å². The highest BCUT2D eigenvalue weighted by atomic mass is 16.2. The maximum absolute atomic E-state index is 12.9. The SMILES string of the molecule is CCCN(CCC)C(=O)Cn1c(CCCNC(=O)C(C)(C)C)nc2ccccc21. The largest absolute Gasteiger partial charge is 0.356 e. The van der Waals surface area contributed by atoms with Crippen LogP contribution in [0, 0.1) is 5.41 Å². The molecule has 1 aromatic heterocycles. The Labute approximate surface area is 174 Å². The fourth-order valence-electron chi connectivity index (χ4n) is 3.34. The minimum atomic E-state index is -0.387. The van der Waals surface area contributed by atoms with Gasteiger partial charge in [-0.2, -0.15) is 0 Å². The maximum Gasteiger partial charge on any atom is 0.242 e. The van der Waals surface area contributed by atoms with Gasteiger partial charge in [0.2, 0.25) is 11.8 Å². The second kappa shape index (κ2) is 10.4. The molecule has 0 aliphatic rings. The van der Waals surface area contributed by atoms with Crippen LogP contribution in [0.1, 0.15) is 59.7 Å². The fraction of sp³-hybridized carbons (Fsp3) is 0.609. The number of amides is 2. The number of carbonyl (C=O) groups excluding carboxylic acids is 2. The number of para-hydroxylation sites is 2. The average molecular weight is 401 g/mol. The number of nitrogens with zero attached hydrogens (tertiary/aromatic N) is 3. The van der Waals surface area contributed by atoms with Crippen LogP contribution in [0.2, 0.25) is 0 Å². The topological polar surface area (TPSA) is 67.2 Å². The van der Waals surface area contributed by atoms with Crippen molar-refractivity contribution in [2.24, 2.45) is 5.41 Å². The molecule has 0 unspecified atom stereocenters. The van der Waals surface area contributed by atoms with Crippen LogP contribution in [0.25, 0.3) is 11.0 Å². The molecule has 29 heavy (non-hydrogen) atoms. The van der Waals surface area contributed by atoms with Gasteiger partial charge in [0.15, 0.2) is 0 Å². The van der Waals surface area contributed by atoms with Crippen molar-refractivity contribution in [1.29, 1.82) is 0 Å². The van der Waals surface area contributed by atoms with Gasteiger partial charge in [-0.15, -0.1) is 0 Å². The Morgan fingerprint density at radius 2 is 1.76 bits per heavy atom. The second-order valence-corrected chi connectivity index (χ2v) is 8.59. The summed E-state index contributed by atoms with van der Waals surface area (Å²) in [5, 5.41) is 2.99. The van der Waals surface area contributed by atoms with Crippen molar-refractivity contribution in [3.63, 3.8) is 0 Å². The van der Waals surface area contributed by atoms with E-state index in [1.165, 1.54) is 0 Å². The third-order valence-electron chi connectivity index (χ3n) is 4.91. The van der Waals surface area contributed by atoms with Crippen molar-refractivity contribution >= 4 is 22.8 Å². The van der Waals surface area contributed by atoms with Gasteiger partial charge < -0.3 is 14.8 Å². The molecule has 6 heteroatoms. The number of hydrogen-bond donors (Lipinski definition) is 1. The van der Waals surface area contributed by atoms with Crippen LogP contribution in [-0.4, -0.2) is 45.9 Å². The molecule has 0 bridgehead atoms. The summed E-state index contributed by atoms with van der Waals surface area (Å²) in [7, 11) is 0. The number of fused-ring (bicyclic) bond motifs is 1. The van der Waals surface area contributed by atoms with Gasteiger partial charge >= 0.3 is 0 Å². The molecule has 0 aliphatic carbocycles. The maximum atomic E-state index is 12.9. The first-order valence-electron chi connectivity index (χ1n) is 10.8. The van der Waals surface area contributed by atoms with Crippen LogP contribution in [-0.2, 0) is 22.6 Å². The fourth-order valence-corrected chi connectivity index (χ4v) is 3.34. The molecule has 0 atom stereocenters. The molecule has 0 saturated heterocycles. The molecule has 6 nitrogen and oxygen atoms in total. The van der Waals surface area contributed by atoms with Crippen molar-refractivity contribution in [3.8, 4) is 0 Å². The van der Waals surface area contributed by atoms with Gasteiger partial charge in [0.1, 0.15) is 12.4 Å². The molecule has 1 N–H and O–H groups in total. The lowest BCUT2D eigenvalue weighted by Gasteiger charge is -2.22. The molecule has 2 aromatic rings. The highest BCUT2D eigenvalue weighted by molar-refractivity contribution is 5.82. The van der Waals surface area contributed by atoms with Crippen LogP contribution in [0.3, 0.4) is 0 Å². The van der Waals surface area contributed by atoms with E-state index in [9.17, 15) is 9.59 Å². The molecule has 0 radical (unpaired) electrons. The summed E-state index contributed by atoms with van der Waals surface area (Å²) in [6, 6.07) is 7.95. The summed E-state index contributed by atoms with van der Waals surface area (Å²) in [4.78, 5) is 31.7. The van der Waals surface area contributed by atoms with E-state index in [4.69, 9.17) is 4.98 Å². The monoisotopic (exact) mass is 400 g/mol. The smallest absolute Gasteiger partial charge is 0.242 e. The predicted molar refractivity (Wildman–Crippen MR) is 118 cm³/mol. The molecular weight excluding hydrogens is 364 g/mol. The lowest BCUT2D eigenvalue weighted by Crippen LogP contribution is -2.36. The van der Waals surface area contributed by atoms with Crippen molar-refractivity contribution in [3.05, 3.63) is 30.1 Å². The van der Waals surface area contributed by atoms with Gasteiger partial charge in [-0.1, -0.05) is 46.8 Å². The second-order valence-electron chi connectivity index (χ2n) is 8.59. The van der Waals surface area contributed by atoms with Crippen molar-refractivity contribution in [1.82, 2.24) is 19.8 Å². The number of aryl methyl sites for hydroxylation is 1. The van der Waals surface area contributed by atoms with E-state index in [-0.39, 0.29) is 17.2 Å². The van der Waals surface area contributed by atoms with E-state index < -0.39 is 0 Å². The predicted octanol–water partition coefficient (Wildman–Crippen LogP) is 3.78. The summed E-state index contributed by atoms with van der Waals surface area (Å²) >= 11 is 0. The van der Waals surface area contributed by atoms with E-state index in [0.717, 1.165) is 49.2 Å². The minimum absolute atomic E-state index is 0.0518. The van der Waals surface area contributed by atoms with Gasteiger partial charge in [-0.05, 0) is 31.4 Å². The lowest BCUT2D eigenvalue weighted by molar-refractivity contribution is -0.132. The van der Waals surface area contributed by atoms with Crippen LogP contribution in [0.15, 0.2) is 24.3 Å². The summed E-state index contributed by atoms with van der Waals surface area (Å²) in [5.74, 6) is 1.09. The van der Waals surface area contributed by atoms with Crippen molar-refractivity contribution in [2.45, 2.75) is 66.8 Å². The summed E-state index contributed by atoms with van der Waals surface area (Å²) in [6.45, 7) is 12.4. The lowest BCUT2D eigenvalue weighted by atomic mass is 9.96. The van der Waals surface area contributed by atoms with E-state index in [2.05, 4.69) is 19.2 Å². The molecule has 2 rings (SSSR count). The average Bonchev–Trinajstić information content (AvgIpc) is 3.01. The van der Waals surface area contributed by atoms with E-state index in [1.54, 1.807) is 0 Å². The highest BCUT2D eigenvalue weighted by Crippen LogP contribution is 2.18. The van der Waals surface area contributed by atoms with Gasteiger partial charge in [-0.3, -0.25) is 9.59 Å². The molecule has 0 spiro atoms. The van der Waals surface area contributed by atoms with Crippen LogP contribution < -0.4 is 5.32 Å². The Balaban J connectivity index is 2.12. The first-order chi connectivity index (χ1) is 13.8. The number of rotatable bonds is 10. The number of aromatic nitrogens is 2. The van der Waals surface area contributed by atoms with Crippen LogP contribution in [0.4, 0.5) is 0 Å². The minimum Gasteiger partial charge on any atom is -0.356 e. The molecule has 1 aromatic carbocycles. The summed E-state index contributed by atoms with van der Waals surface area (Å²) in [6.07, 6.45) is 3.41. The quantitative estimate of drug-likeness (QED) is 0.617. The number of carbonyl (C=O) groups is 2. The third-order valence-corrected chi connectivity index (χ3v) is 4.91. The van der Waals surface area contributed by atoms with E-state index >= 15 is 0 Å².